The summed E-state index contributed by atoms with van der Waals surface area (Å²) in [6.45, 7) is 5.54. The van der Waals surface area contributed by atoms with Crippen LogP contribution in [0.4, 0.5) is 0 Å². The number of esters is 1. The van der Waals surface area contributed by atoms with Crippen molar-refractivity contribution in [3.63, 3.8) is 0 Å². The number of ether oxygens (including phenoxy) is 1. The quantitative estimate of drug-likeness (QED) is 0.502. The first-order chi connectivity index (χ1) is 8.32. The highest BCUT2D eigenvalue weighted by Crippen LogP contribution is 2.21. The van der Waals surface area contributed by atoms with Gasteiger partial charge < -0.3 is 4.74 Å². The summed E-state index contributed by atoms with van der Waals surface area (Å²) in [6.07, 6.45) is 2.53. The Morgan fingerprint density at radius 1 is 1.44 bits per heavy atom. The minimum absolute atomic E-state index is 0.305. The second kappa shape index (κ2) is 8.25. The molecule has 0 spiro atoms. The van der Waals surface area contributed by atoms with Gasteiger partial charge in [0.2, 0.25) is 0 Å². The predicted molar refractivity (Wildman–Crippen MR) is 72.3 cm³/mol. The van der Waals surface area contributed by atoms with Gasteiger partial charge in [-0.3, -0.25) is 9.00 Å². The van der Waals surface area contributed by atoms with Gasteiger partial charge in [-0.25, -0.2) is 0 Å². The molecule has 0 aliphatic heterocycles. The number of carbonyl (C=O) groups excluding carboxylic acids is 1. The van der Waals surface area contributed by atoms with E-state index in [2.05, 4.69) is 10.8 Å². The minimum Gasteiger partial charge on any atom is -0.469 e. The molecule has 0 rings (SSSR count). The molecule has 0 aliphatic carbocycles. The molecular weight excluding hydrogens is 250 g/mol. The minimum atomic E-state index is -0.986. The van der Waals surface area contributed by atoms with Gasteiger partial charge in [0, 0.05) is 22.3 Å². The highest BCUT2D eigenvalue weighted by Gasteiger charge is 2.18. The topological polar surface area (TPSA) is 67.2 Å². The summed E-state index contributed by atoms with van der Waals surface area (Å²) in [5, 5.41) is 8.85. The van der Waals surface area contributed by atoms with E-state index in [0.717, 1.165) is 19.3 Å². The van der Waals surface area contributed by atoms with Crippen molar-refractivity contribution in [2.75, 3.05) is 18.6 Å². The van der Waals surface area contributed by atoms with Gasteiger partial charge in [-0.15, -0.1) is 0 Å². The van der Waals surface area contributed by atoms with E-state index in [1.165, 1.54) is 7.11 Å². The lowest BCUT2D eigenvalue weighted by Gasteiger charge is -2.14. The molecule has 104 valence electrons. The summed E-state index contributed by atoms with van der Waals surface area (Å²) in [6, 6.07) is 2.25. The molecule has 0 aromatic rings. The Kier molecular flexibility index (Phi) is 7.85. The number of nitrogens with zero attached hydrogens (tertiary/aromatic N) is 1. The van der Waals surface area contributed by atoms with Crippen LogP contribution < -0.4 is 0 Å². The molecule has 0 saturated carbocycles. The summed E-state index contributed by atoms with van der Waals surface area (Å²) in [5.74, 6) is 0.317. The smallest absolute Gasteiger partial charge is 0.309 e. The molecule has 0 amide bonds. The van der Waals surface area contributed by atoms with Gasteiger partial charge in [0.1, 0.15) is 0 Å². The fourth-order valence-electron chi connectivity index (χ4n) is 1.52. The Hall–Kier alpha value is -0.890. The summed E-state index contributed by atoms with van der Waals surface area (Å²) in [5.41, 5.74) is -0.305. The summed E-state index contributed by atoms with van der Waals surface area (Å²) < 4.78 is 16.3. The van der Waals surface area contributed by atoms with Crippen LogP contribution in [0.2, 0.25) is 0 Å². The molecule has 0 heterocycles. The molecule has 0 aromatic heterocycles. The average Bonchev–Trinajstić information content (AvgIpc) is 2.33. The van der Waals surface area contributed by atoms with Crippen molar-refractivity contribution in [3.8, 4) is 6.07 Å². The Morgan fingerprint density at radius 2 is 2.06 bits per heavy atom. The van der Waals surface area contributed by atoms with Crippen LogP contribution in [0.1, 0.15) is 40.0 Å². The fraction of sp³-hybridized carbons (Fsp3) is 0.846. The Balaban J connectivity index is 3.80. The van der Waals surface area contributed by atoms with Crippen LogP contribution in [-0.2, 0) is 20.3 Å². The van der Waals surface area contributed by atoms with E-state index >= 15 is 0 Å². The molecular formula is C13H23NO3S. The van der Waals surface area contributed by atoms with Crippen LogP contribution in [0.25, 0.3) is 0 Å². The van der Waals surface area contributed by atoms with Crippen molar-refractivity contribution in [2.45, 2.75) is 40.0 Å². The van der Waals surface area contributed by atoms with Crippen LogP contribution >= 0.6 is 0 Å². The maximum atomic E-state index is 11.7. The average molecular weight is 273 g/mol. The molecule has 5 heteroatoms. The molecule has 0 aromatic carbocycles. The zero-order valence-electron chi connectivity index (χ0n) is 11.7. The van der Waals surface area contributed by atoms with Crippen LogP contribution in [0.15, 0.2) is 0 Å². The number of methoxy groups -OCH3 is 1. The second-order valence-electron chi connectivity index (χ2n) is 5.19. The molecule has 18 heavy (non-hydrogen) atoms. The Labute approximate surface area is 112 Å². The molecule has 2 unspecified atom stereocenters. The lowest BCUT2D eigenvalue weighted by Crippen LogP contribution is -2.20. The normalized spacial score (nSPS) is 14.6. The summed E-state index contributed by atoms with van der Waals surface area (Å²) in [7, 11) is 0.353. The largest absolute Gasteiger partial charge is 0.469 e. The van der Waals surface area contributed by atoms with Gasteiger partial charge >= 0.3 is 5.97 Å². The molecule has 0 saturated heterocycles. The van der Waals surface area contributed by atoms with Crippen molar-refractivity contribution in [2.24, 2.45) is 11.3 Å². The third-order valence-corrected chi connectivity index (χ3v) is 4.38. The first kappa shape index (κ1) is 17.1. The zero-order chi connectivity index (χ0) is 14.2. The van der Waals surface area contributed by atoms with Crippen LogP contribution in [-0.4, -0.2) is 28.8 Å². The maximum absolute atomic E-state index is 11.7. The number of rotatable bonds is 8. The molecule has 0 bridgehead atoms. The predicted octanol–water partition coefficient (Wildman–Crippen LogP) is 2.26. The molecule has 0 N–H and O–H groups in total. The van der Waals surface area contributed by atoms with E-state index in [0.29, 0.717) is 11.5 Å². The molecule has 0 fully saturated rings. The standard InChI is InChI=1S/C13H23NO3S/c1-11(12(15)17-4)9-18(16)8-6-5-7-13(2,3)10-14/h11H,5-9H2,1-4H3. The molecule has 0 aliphatic rings. The van der Waals surface area contributed by atoms with Gasteiger partial charge in [0.05, 0.1) is 24.5 Å². The van der Waals surface area contributed by atoms with Crippen molar-refractivity contribution < 1.29 is 13.7 Å². The van der Waals surface area contributed by atoms with Crippen LogP contribution in [0, 0.1) is 22.7 Å². The Bertz CT molecular complexity index is 334. The highest BCUT2D eigenvalue weighted by atomic mass is 32.2. The maximum Gasteiger partial charge on any atom is 0.309 e. The van der Waals surface area contributed by atoms with Crippen LogP contribution in [0.5, 0.6) is 0 Å². The van der Waals surface area contributed by atoms with Gasteiger partial charge in [-0.1, -0.05) is 13.3 Å². The van der Waals surface area contributed by atoms with Crippen LogP contribution in [0.3, 0.4) is 0 Å². The van der Waals surface area contributed by atoms with E-state index < -0.39 is 10.8 Å². The first-order valence-electron chi connectivity index (χ1n) is 6.16. The first-order valence-corrected chi connectivity index (χ1v) is 7.65. The number of unbranched alkanes of at least 4 members (excludes halogenated alkanes) is 1. The van der Waals surface area contributed by atoms with Crippen molar-refractivity contribution in [1.29, 1.82) is 5.26 Å². The van der Waals surface area contributed by atoms with Crippen molar-refractivity contribution >= 4 is 16.8 Å². The monoisotopic (exact) mass is 273 g/mol. The summed E-state index contributed by atoms with van der Waals surface area (Å²) >= 11 is 0. The molecule has 2 atom stereocenters. The lowest BCUT2D eigenvalue weighted by atomic mass is 9.89. The third kappa shape index (κ3) is 7.44. The number of carbonyl (C=O) groups is 1. The van der Waals surface area contributed by atoms with Gasteiger partial charge in [-0.05, 0) is 26.7 Å². The van der Waals surface area contributed by atoms with Gasteiger partial charge in [-0.2, -0.15) is 5.26 Å². The van der Waals surface area contributed by atoms with E-state index in [1.54, 1.807) is 6.92 Å². The number of hydrogen-bond acceptors (Lipinski definition) is 4. The second-order valence-corrected chi connectivity index (χ2v) is 6.81. The van der Waals surface area contributed by atoms with Crippen molar-refractivity contribution in [1.82, 2.24) is 0 Å². The third-order valence-electron chi connectivity index (χ3n) is 2.77. The van der Waals surface area contributed by atoms with Gasteiger partial charge in [0.15, 0.2) is 0 Å². The van der Waals surface area contributed by atoms with Gasteiger partial charge in [0.25, 0.3) is 0 Å². The molecule has 4 nitrogen and oxygen atoms in total. The van der Waals surface area contributed by atoms with Crippen molar-refractivity contribution in [3.05, 3.63) is 0 Å². The van der Waals surface area contributed by atoms with E-state index in [4.69, 9.17) is 5.26 Å². The van der Waals surface area contributed by atoms with E-state index in [-0.39, 0.29) is 17.3 Å². The summed E-state index contributed by atoms with van der Waals surface area (Å²) in [4.78, 5) is 11.2. The number of nitriles is 1. The van der Waals surface area contributed by atoms with E-state index in [9.17, 15) is 9.00 Å². The number of hydrogen-bond donors (Lipinski definition) is 0. The van der Waals surface area contributed by atoms with E-state index in [1.807, 2.05) is 13.8 Å². The lowest BCUT2D eigenvalue weighted by molar-refractivity contribution is -0.144. The SMILES string of the molecule is COC(=O)C(C)CS(=O)CCCCC(C)(C)C#N. The molecule has 0 radical (unpaired) electrons. The fourth-order valence-corrected chi connectivity index (χ4v) is 2.90. The highest BCUT2D eigenvalue weighted by molar-refractivity contribution is 7.85. The Morgan fingerprint density at radius 3 is 2.56 bits per heavy atom. The zero-order valence-corrected chi connectivity index (χ0v) is 12.5.